The molecule has 5 heteroatoms. The van der Waals surface area contributed by atoms with E-state index in [-0.39, 0.29) is 30.4 Å². The molecule has 1 aromatic carbocycles. The molecule has 2 bridgehead atoms. The quantitative estimate of drug-likeness (QED) is 0.892. The fraction of sp³-hybridized carbons (Fsp3) is 0.500. The van der Waals surface area contributed by atoms with Crippen molar-refractivity contribution in [2.75, 3.05) is 0 Å². The van der Waals surface area contributed by atoms with E-state index in [1.807, 2.05) is 30.3 Å². The highest BCUT2D eigenvalue weighted by Gasteiger charge is 2.49. The van der Waals surface area contributed by atoms with E-state index in [1.165, 1.54) is 0 Å². The zero-order chi connectivity index (χ0) is 14.8. The van der Waals surface area contributed by atoms with Gasteiger partial charge in [0.25, 0.3) is 0 Å². The van der Waals surface area contributed by atoms with E-state index in [0.29, 0.717) is 6.42 Å². The van der Waals surface area contributed by atoms with E-state index < -0.39 is 12.1 Å². The van der Waals surface area contributed by atoms with Crippen molar-refractivity contribution >= 4 is 12.1 Å². The minimum Gasteiger partial charge on any atom is -0.481 e. The van der Waals surface area contributed by atoms with E-state index >= 15 is 0 Å². The number of hydrogen-bond acceptors (Lipinski definition) is 3. The fourth-order valence-electron chi connectivity index (χ4n) is 3.67. The van der Waals surface area contributed by atoms with Gasteiger partial charge in [0.1, 0.15) is 6.61 Å². The molecule has 0 aromatic heterocycles. The van der Waals surface area contributed by atoms with E-state index in [4.69, 9.17) is 9.84 Å². The average Bonchev–Trinajstić information content (AvgIpc) is 3.06. The largest absolute Gasteiger partial charge is 0.481 e. The van der Waals surface area contributed by atoms with Gasteiger partial charge in [-0.1, -0.05) is 30.3 Å². The zero-order valence-corrected chi connectivity index (χ0v) is 11.7. The summed E-state index contributed by atoms with van der Waals surface area (Å²) in [6.45, 7) is 0.255. The summed E-state index contributed by atoms with van der Waals surface area (Å²) in [5, 5.41) is 12.0. The topological polar surface area (TPSA) is 75.6 Å². The number of amides is 1. The standard InChI is InChI=1S/C16H19NO4/c18-15(19)13-7-12-6-11(13)8-14(12)17-16(20)21-9-10-4-2-1-3-5-10/h1-5,11-14H,6-9H2,(H,17,20)(H,18,19)/t11-,12-,13-,14-/m1/s1. The second-order valence-electron chi connectivity index (χ2n) is 5.98. The van der Waals surface area contributed by atoms with Crippen LogP contribution in [0.1, 0.15) is 24.8 Å². The van der Waals surface area contributed by atoms with Crippen LogP contribution >= 0.6 is 0 Å². The number of benzene rings is 1. The van der Waals surface area contributed by atoms with Gasteiger partial charge in [-0.3, -0.25) is 4.79 Å². The van der Waals surface area contributed by atoms with E-state index in [0.717, 1.165) is 18.4 Å². The lowest BCUT2D eigenvalue weighted by Crippen LogP contribution is -2.41. The molecule has 1 aromatic rings. The minimum absolute atomic E-state index is 0.0638. The molecule has 21 heavy (non-hydrogen) atoms. The highest BCUT2D eigenvalue weighted by Crippen LogP contribution is 2.48. The van der Waals surface area contributed by atoms with Crippen molar-refractivity contribution in [2.24, 2.45) is 17.8 Å². The molecule has 1 amide bonds. The predicted octanol–water partition coefficient (Wildman–Crippen LogP) is 2.41. The van der Waals surface area contributed by atoms with E-state index in [2.05, 4.69) is 5.32 Å². The average molecular weight is 289 g/mol. The summed E-state index contributed by atoms with van der Waals surface area (Å²) in [5.74, 6) is -0.451. The first-order valence-electron chi connectivity index (χ1n) is 7.33. The van der Waals surface area contributed by atoms with E-state index in [9.17, 15) is 9.59 Å². The Kier molecular flexibility index (Phi) is 3.82. The van der Waals surface area contributed by atoms with Crippen LogP contribution in [-0.2, 0) is 16.1 Å². The van der Waals surface area contributed by atoms with Gasteiger partial charge < -0.3 is 15.2 Å². The molecular formula is C16H19NO4. The molecular weight excluding hydrogens is 270 g/mol. The van der Waals surface area contributed by atoms with Crippen molar-refractivity contribution in [3.05, 3.63) is 35.9 Å². The molecule has 0 aliphatic heterocycles. The summed E-state index contributed by atoms with van der Waals surface area (Å²) in [6, 6.07) is 9.59. The number of carbonyl (C=O) groups excluding carboxylic acids is 1. The first-order valence-corrected chi connectivity index (χ1v) is 7.33. The van der Waals surface area contributed by atoms with Gasteiger partial charge >= 0.3 is 12.1 Å². The van der Waals surface area contributed by atoms with Crippen LogP contribution in [0.25, 0.3) is 0 Å². The van der Waals surface area contributed by atoms with Gasteiger partial charge in [0, 0.05) is 6.04 Å². The lowest BCUT2D eigenvalue weighted by atomic mass is 9.86. The zero-order valence-electron chi connectivity index (χ0n) is 11.7. The second-order valence-corrected chi connectivity index (χ2v) is 5.98. The third-order valence-electron chi connectivity index (χ3n) is 4.69. The smallest absolute Gasteiger partial charge is 0.407 e. The van der Waals surface area contributed by atoms with Gasteiger partial charge in [-0.2, -0.15) is 0 Å². The van der Waals surface area contributed by atoms with Crippen LogP contribution in [0.15, 0.2) is 30.3 Å². The summed E-state index contributed by atoms with van der Waals surface area (Å²) in [5.41, 5.74) is 0.950. The number of carbonyl (C=O) groups is 2. The van der Waals surface area contributed by atoms with Gasteiger partial charge in [-0.05, 0) is 36.7 Å². The summed E-state index contributed by atoms with van der Waals surface area (Å²) in [6.07, 6.45) is 1.91. The lowest BCUT2D eigenvalue weighted by molar-refractivity contribution is -0.143. The number of rotatable bonds is 4. The number of alkyl carbamates (subject to hydrolysis) is 1. The summed E-state index contributed by atoms with van der Waals surface area (Å²) in [4.78, 5) is 22.9. The van der Waals surface area contributed by atoms with Gasteiger partial charge in [-0.15, -0.1) is 0 Å². The Morgan fingerprint density at radius 3 is 2.52 bits per heavy atom. The summed E-state index contributed by atoms with van der Waals surface area (Å²) >= 11 is 0. The number of aliphatic carboxylic acids is 1. The van der Waals surface area contributed by atoms with Crippen LogP contribution in [0.4, 0.5) is 4.79 Å². The molecule has 2 N–H and O–H groups in total. The van der Waals surface area contributed by atoms with Crippen molar-refractivity contribution in [2.45, 2.75) is 31.9 Å². The van der Waals surface area contributed by atoms with Crippen molar-refractivity contribution in [3.63, 3.8) is 0 Å². The van der Waals surface area contributed by atoms with Crippen LogP contribution in [0.5, 0.6) is 0 Å². The van der Waals surface area contributed by atoms with Gasteiger partial charge in [0.2, 0.25) is 0 Å². The van der Waals surface area contributed by atoms with Crippen molar-refractivity contribution in [1.29, 1.82) is 0 Å². The molecule has 2 saturated carbocycles. The van der Waals surface area contributed by atoms with Crippen molar-refractivity contribution in [1.82, 2.24) is 5.32 Å². The van der Waals surface area contributed by atoms with Crippen LogP contribution < -0.4 is 5.32 Å². The number of hydrogen-bond donors (Lipinski definition) is 2. The molecule has 2 aliphatic rings. The third-order valence-corrected chi connectivity index (χ3v) is 4.69. The highest BCUT2D eigenvalue weighted by molar-refractivity contribution is 5.71. The summed E-state index contributed by atoms with van der Waals surface area (Å²) < 4.78 is 5.21. The Morgan fingerprint density at radius 1 is 1.14 bits per heavy atom. The Balaban J connectivity index is 1.46. The number of ether oxygens (including phenoxy) is 1. The molecule has 5 nitrogen and oxygen atoms in total. The molecule has 0 spiro atoms. The van der Waals surface area contributed by atoms with Crippen LogP contribution in [0.2, 0.25) is 0 Å². The molecule has 2 fully saturated rings. The Bertz CT molecular complexity index is 530. The van der Waals surface area contributed by atoms with Crippen molar-refractivity contribution in [3.8, 4) is 0 Å². The number of fused-ring (bicyclic) bond motifs is 2. The molecule has 2 aliphatic carbocycles. The molecule has 0 saturated heterocycles. The van der Waals surface area contributed by atoms with Gasteiger partial charge in [0.05, 0.1) is 5.92 Å². The third kappa shape index (κ3) is 3.01. The second kappa shape index (κ2) is 5.76. The first kappa shape index (κ1) is 13.9. The monoisotopic (exact) mass is 289 g/mol. The maximum absolute atomic E-state index is 11.8. The molecule has 0 unspecified atom stereocenters. The molecule has 112 valence electrons. The molecule has 0 radical (unpaired) electrons. The maximum Gasteiger partial charge on any atom is 0.407 e. The highest BCUT2D eigenvalue weighted by atomic mass is 16.5. The normalized spacial score (nSPS) is 30.1. The predicted molar refractivity (Wildman–Crippen MR) is 75.5 cm³/mol. The number of carboxylic acid groups (broad SMARTS) is 1. The maximum atomic E-state index is 11.8. The Labute approximate surface area is 123 Å². The molecule has 3 rings (SSSR count). The van der Waals surface area contributed by atoms with Crippen LogP contribution in [0, 0.1) is 17.8 Å². The fourth-order valence-corrected chi connectivity index (χ4v) is 3.67. The lowest BCUT2D eigenvalue weighted by Gasteiger charge is -2.26. The Hall–Kier alpha value is -2.04. The number of carboxylic acids is 1. The van der Waals surface area contributed by atoms with Crippen LogP contribution in [-0.4, -0.2) is 23.2 Å². The Morgan fingerprint density at radius 2 is 1.90 bits per heavy atom. The number of nitrogens with one attached hydrogen (secondary N) is 1. The summed E-state index contributed by atoms with van der Waals surface area (Å²) in [7, 11) is 0. The van der Waals surface area contributed by atoms with Crippen LogP contribution in [0.3, 0.4) is 0 Å². The molecule has 4 atom stereocenters. The first-order chi connectivity index (χ1) is 10.1. The minimum atomic E-state index is -0.701. The van der Waals surface area contributed by atoms with Gasteiger partial charge in [0.15, 0.2) is 0 Å². The molecule has 0 heterocycles. The SMILES string of the molecule is O=C(N[C@@H]1C[C@H]2C[C@@H]1C[C@H]2C(=O)O)OCc1ccccc1. The van der Waals surface area contributed by atoms with Crippen molar-refractivity contribution < 1.29 is 19.4 Å². The van der Waals surface area contributed by atoms with E-state index in [1.54, 1.807) is 0 Å². The van der Waals surface area contributed by atoms with Gasteiger partial charge in [-0.25, -0.2) is 4.79 Å².